The minimum atomic E-state index is -0.940. The molecular formula is C15H20N2O3S. The number of benzene rings is 1. The van der Waals surface area contributed by atoms with Gasteiger partial charge in [0.2, 0.25) is 0 Å². The Morgan fingerprint density at radius 3 is 2.48 bits per heavy atom. The van der Waals surface area contributed by atoms with Crippen LogP contribution in [0.1, 0.15) is 11.1 Å². The van der Waals surface area contributed by atoms with E-state index < -0.39 is 12.0 Å². The van der Waals surface area contributed by atoms with Gasteiger partial charge in [-0.1, -0.05) is 6.07 Å². The highest BCUT2D eigenvalue weighted by Gasteiger charge is 2.34. The minimum Gasteiger partial charge on any atom is -0.480 e. The summed E-state index contributed by atoms with van der Waals surface area (Å²) < 4.78 is 0. The maximum Gasteiger partial charge on any atom is 0.327 e. The summed E-state index contributed by atoms with van der Waals surface area (Å²) in [6.45, 7) is 4.43. The zero-order valence-electron chi connectivity index (χ0n) is 12.5. The third kappa shape index (κ3) is 3.50. The van der Waals surface area contributed by atoms with E-state index in [4.69, 9.17) is 0 Å². The number of hydrogen-bond acceptors (Lipinski definition) is 3. The smallest absolute Gasteiger partial charge is 0.327 e. The molecule has 0 radical (unpaired) electrons. The van der Waals surface area contributed by atoms with Crippen molar-refractivity contribution in [3.8, 4) is 0 Å². The van der Waals surface area contributed by atoms with E-state index >= 15 is 0 Å². The molecule has 0 saturated carbocycles. The van der Waals surface area contributed by atoms with Crippen molar-refractivity contribution in [1.29, 1.82) is 0 Å². The lowest BCUT2D eigenvalue weighted by Crippen LogP contribution is -2.54. The van der Waals surface area contributed by atoms with E-state index in [1.54, 1.807) is 18.8 Å². The molecule has 1 saturated heterocycles. The average molecular weight is 308 g/mol. The van der Waals surface area contributed by atoms with Crippen LogP contribution >= 0.6 is 11.8 Å². The molecule has 21 heavy (non-hydrogen) atoms. The number of anilines is 1. The van der Waals surface area contributed by atoms with E-state index in [-0.39, 0.29) is 6.03 Å². The Balaban J connectivity index is 2.23. The monoisotopic (exact) mass is 308 g/mol. The molecule has 114 valence electrons. The first kappa shape index (κ1) is 15.7. The second-order valence-corrected chi connectivity index (χ2v) is 6.46. The van der Waals surface area contributed by atoms with Crippen LogP contribution in [-0.4, -0.2) is 53.1 Å². The van der Waals surface area contributed by atoms with Gasteiger partial charge in [-0.2, -0.15) is 11.8 Å². The van der Waals surface area contributed by atoms with E-state index in [1.165, 1.54) is 9.80 Å². The first-order valence-electron chi connectivity index (χ1n) is 6.83. The van der Waals surface area contributed by atoms with Crippen LogP contribution in [0.25, 0.3) is 0 Å². The predicted octanol–water partition coefficient (Wildman–Crippen LogP) is 2.36. The summed E-state index contributed by atoms with van der Waals surface area (Å²) in [7, 11) is 1.69. The SMILES string of the molecule is Cc1cc(C)cc(N(C)C(=O)N2CCSCC2C(=O)O)c1. The van der Waals surface area contributed by atoms with Gasteiger partial charge in [-0.3, -0.25) is 4.90 Å². The molecule has 0 aromatic heterocycles. The molecule has 1 atom stereocenters. The summed E-state index contributed by atoms with van der Waals surface area (Å²) in [5.41, 5.74) is 2.95. The lowest BCUT2D eigenvalue weighted by atomic mass is 10.1. The largest absolute Gasteiger partial charge is 0.480 e. The number of nitrogens with zero attached hydrogens (tertiary/aromatic N) is 2. The first-order chi connectivity index (χ1) is 9.90. The molecule has 5 nitrogen and oxygen atoms in total. The van der Waals surface area contributed by atoms with Gasteiger partial charge in [-0.25, -0.2) is 9.59 Å². The Morgan fingerprint density at radius 2 is 1.90 bits per heavy atom. The molecule has 2 rings (SSSR count). The standard InChI is InChI=1S/C15H20N2O3S/c1-10-6-11(2)8-12(7-10)16(3)15(20)17-4-5-21-9-13(17)14(18)19/h6-8,13H,4-5,9H2,1-3H3,(H,18,19). The summed E-state index contributed by atoms with van der Waals surface area (Å²) >= 11 is 1.57. The van der Waals surface area contributed by atoms with Gasteiger partial charge in [-0.05, 0) is 37.1 Å². The number of thioether (sulfide) groups is 1. The number of hydrogen-bond donors (Lipinski definition) is 1. The fourth-order valence-corrected chi connectivity index (χ4v) is 3.52. The summed E-state index contributed by atoms with van der Waals surface area (Å²) in [6, 6.07) is 4.90. The van der Waals surface area contributed by atoms with Gasteiger partial charge in [0.05, 0.1) is 0 Å². The van der Waals surface area contributed by atoms with Crippen molar-refractivity contribution < 1.29 is 14.7 Å². The third-order valence-corrected chi connectivity index (χ3v) is 4.56. The molecule has 1 aliphatic rings. The Hall–Kier alpha value is -1.69. The lowest BCUT2D eigenvalue weighted by Gasteiger charge is -2.35. The second-order valence-electron chi connectivity index (χ2n) is 5.31. The molecule has 1 aromatic rings. The Kier molecular flexibility index (Phi) is 4.77. The van der Waals surface area contributed by atoms with Gasteiger partial charge >= 0.3 is 12.0 Å². The molecule has 1 unspecified atom stereocenters. The second kappa shape index (κ2) is 6.39. The predicted molar refractivity (Wildman–Crippen MR) is 85.2 cm³/mol. The van der Waals surface area contributed by atoms with Crippen LogP contribution < -0.4 is 4.90 Å². The van der Waals surface area contributed by atoms with Gasteiger partial charge in [0.25, 0.3) is 0 Å². The maximum absolute atomic E-state index is 12.6. The molecule has 1 N–H and O–H groups in total. The van der Waals surface area contributed by atoms with Crippen LogP contribution in [0.2, 0.25) is 0 Å². The number of urea groups is 1. The number of carbonyl (C=O) groups excluding carboxylic acids is 1. The van der Waals surface area contributed by atoms with E-state index in [1.807, 2.05) is 32.0 Å². The van der Waals surface area contributed by atoms with Crippen molar-refractivity contribution in [1.82, 2.24) is 4.90 Å². The minimum absolute atomic E-state index is 0.257. The van der Waals surface area contributed by atoms with Crippen LogP contribution in [-0.2, 0) is 4.79 Å². The van der Waals surface area contributed by atoms with Crippen molar-refractivity contribution >= 4 is 29.4 Å². The Labute approximate surface area is 128 Å². The molecular weight excluding hydrogens is 288 g/mol. The molecule has 1 aliphatic heterocycles. The fourth-order valence-electron chi connectivity index (χ4n) is 2.48. The molecule has 2 amide bonds. The van der Waals surface area contributed by atoms with Crippen LogP contribution in [0.5, 0.6) is 0 Å². The molecule has 0 spiro atoms. The maximum atomic E-state index is 12.6. The fraction of sp³-hybridized carbons (Fsp3) is 0.467. The van der Waals surface area contributed by atoms with E-state index in [2.05, 4.69) is 0 Å². The van der Waals surface area contributed by atoms with Crippen LogP contribution in [0.4, 0.5) is 10.5 Å². The molecule has 0 bridgehead atoms. The van der Waals surface area contributed by atoms with Crippen LogP contribution in [0, 0.1) is 13.8 Å². The molecule has 1 aromatic carbocycles. The summed E-state index contributed by atoms with van der Waals surface area (Å²) in [4.78, 5) is 26.9. The van der Waals surface area contributed by atoms with Gasteiger partial charge in [-0.15, -0.1) is 0 Å². The number of carbonyl (C=O) groups is 2. The van der Waals surface area contributed by atoms with E-state index in [0.29, 0.717) is 12.3 Å². The molecule has 6 heteroatoms. The summed E-state index contributed by atoms with van der Waals surface area (Å²) in [5.74, 6) is 0.280. The number of rotatable bonds is 2. The first-order valence-corrected chi connectivity index (χ1v) is 7.99. The molecule has 1 fully saturated rings. The van der Waals surface area contributed by atoms with Gasteiger partial charge < -0.3 is 10.0 Å². The normalized spacial score (nSPS) is 18.4. The van der Waals surface area contributed by atoms with E-state index in [0.717, 1.165) is 22.6 Å². The quantitative estimate of drug-likeness (QED) is 0.911. The highest BCUT2D eigenvalue weighted by molar-refractivity contribution is 7.99. The highest BCUT2D eigenvalue weighted by Crippen LogP contribution is 2.22. The zero-order valence-corrected chi connectivity index (χ0v) is 13.3. The third-order valence-electron chi connectivity index (χ3n) is 3.54. The number of carboxylic acid groups (broad SMARTS) is 1. The topological polar surface area (TPSA) is 60.9 Å². The average Bonchev–Trinajstić information content (AvgIpc) is 2.44. The van der Waals surface area contributed by atoms with Gasteiger partial charge in [0.15, 0.2) is 0 Å². The van der Waals surface area contributed by atoms with Gasteiger partial charge in [0, 0.05) is 30.8 Å². The number of carboxylic acids is 1. The van der Waals surface area contributed by atoms with Crippen LogP contribution in [0.3, 0.4) is 0 Å². The molecule has 0 aliphatic carbocycles. The zero-order chi connectivity index (χ0) is 15.6. The van der Waals surface area contributed by atoms with Gasteiger partial charge in [0.1, 0.15) is 6.04 Å². The summed E-state index contributed by atoms with van der Waals surface area (Å²) in [6.07, 6.45) is 0. The van der Waals surface area contributed by atoms with Crippen molar-refractivity contribution in [2.24, 2.45) is 0 Å². The van der Waals surface area contributed by atoms with Crippen molar-refractivity contribution in [3.05, 3.63) is 29.3 Å². The summed E-state index contributed by atoms with van der Waals surface area (Å²) in [5, 5.41) is 9.27. The van der Waals surface area contributed by atoms with E-state index in [9.17, 15) is 14.7 Å². The van der Waals surface area contributed by atoms with Crippen molar-refractivity contribution in [2.45, 2.75) is 19.9 Å². The Bertz CT molecular complexity index is 542. The number of aliphatic carboxylic acids is 1. The molecule has 1 heterocycles. The van der Waals surface area contributed by atoms with Crippen LogP contribution in [0.15, 0.2) is 18.2 Å². The number of amides is 2. The number of aryl methyl sites for hydroxylation is 2. The van der Waals surface area contributed by atoms with Crippen molar-refractivity contribution in [3.63, 3.8) is 0 Å². The van der Waals surface area contributed by atoms with Crippen molar-refractivity contribution in [2.75, 3.05) is 30.0 Å². The Morgan fingerprint density at radius 1 is 1.29 bits per heavy atom. The lowest BCUT2D eigenvalue weighted by molar-refractivity contribution is -0.141. The highest BCUT2D eigenvalue weighted by atomic mass is 32.2.